The summed E-state index contributed by atoms with van der Waals surface area (Å²) in [6.45, 7) is 3.90. The van der Waals surface area contributed by atoms with Gasteiger partial charge in [0.05, 0.1) is 0 Å². The van der Waals surface area contributed by atoms with Crippen LogP contribution < -0.4 is 0 Å². The molecule has 0 N–H and O–H groups in total. The first kappa shape index (κ1) is 19.7. The highest BCUT2D eigenvalue weighted by atomic mass is 32.1. The summed E-state index contributed by atoms with van der Waals surface area (Å²) in [7, 11) is 0. The average molecular weight is 322 g/mol. The van der Waals surface area contributed by atoms with E-state index in [-0.39, 0.29) is 0 Å². The summed E-state index contributed by atoms with van der Waals surface area (Å²) < 4.78 is 0. The molecule has 0 spiro atoms. The molecule has 1 radical (unpaired) electrons. The van der Waals surface area contributed by atoms with Gasteiger partial charge in [-0.2, -0.15) is 0 Å². The molecule has 0 nitrogen and oxygen atoms in total. The van der Waals surface area contributed by atoms with E-state index in [1.165, 1.54) is 96.3 Å². The Balaban J connectivity index is 1.68. The van der Waals surface area contributed by atoms with Crippen LogP contribution >= 0.6 is 11.3 Å². The fourth-order valence-corrected chi connectivity index (χ4v) is 3.80. The molecular formula is C21H37S. The molecule has 1 heteroatoms. The summed E-state index contributed by atoms with van der Waals surface area (Å²) in [6.07, 6.45) is 22.5. The first-order valence-corrected chi connectivity index (χ1v) is 10.6. The number of aryl methyl sites for hydroxylation is 1. The molecule has 1 aromatic rings. The molecule has 0 aliphatic carbocycles. The zero-order valence-corrected chi connectivity index (χ0v) is 15.5. The van der Waals surface area contributed by atoms with Crippen molar-refractivity contribution in [2.24, 2.45) is 0 Å². The molecule has 1 aromatic heterocycles. The second kappa shape index (κ2) is 15.6. The van der Waals surface area contributed by atoms with Crippen LogP contribution in [0.1, 0.15) is 101 Å². The summed E-state index contributed by atoms with van der Waals surface area (Å²) in [5.74, 6) is 0. The van der Waals surface area contributed by atoms with Crippen LogP contribution in [0.4, 0.5) is 0 Å². The van der Waals surface area contributed by atoms with Gasteiger partial charge >= 0.3 is 0 Å². The first-order valence-electron chi connectivity index (χ1n) is 9.75. The lowest BCUT2D eigenvalue weighted by Gasteiger charge is -2.03. The average Bonchev–Trinajstić information content (AvgIpc) is 3.04. The minimum Gasteiger partial charge on any atom is -0.149 e. The zero-order chi connectivity index (χ0) is 15.7. The van der Waals surface area contributed by atoms with Gasteiger partial charge in [-0.1, -0.05) is 103 Å². The summed E-state index contributed by atoms with van der Waals surface area (Å²) in [5.41, 5.74) is 0. The molecule has 0 aliphatic rings. The maximum absolute atomic E-state index is 3.90. The van der Waals surface area contributed by atoms with Crippen molar-refractivity contribution in [1.29, 1.82) is 0 Å². The van der Waals surface area contributed by atoms with Crippen molar-refractivity contribution in [2.45, 2.75) is 103 Å². The van der Waals surface area contributed by atoms with Gasteiger partial charge in [0, 0.05) is 4.88 Å². The molecule has 0 atom stereocenters. The minimum atomic E-state index is 1.12. The zero-order valence-electron chi connectivity index (χ0n) is 14.7. The smallest absolute Gasteiger partial charge is 0.00452 e. The van der Waals surface area contributed by atoms with Gasteiger partial charge in [-0.05, 0) is 24.3 Å². The van der Waals surface area contributed by atoms with Crippen molar-refractivity contribution in [3.63, 3.8) is 0 Å². The molecular weight excluding hydrogens is 284 g/mol. The van der Waals surface area contributed by atoms with Gasteiger partial charge in [-0.3, -0.25) is 0 Å². The molecule has 1 heterocycles. The van der Waals surface area contributed by atoms with Gasteiger partial charge in [0.1, 0.15) is 0 Å². The third-order valence-corrected chi connectivity index (χ3v) is 5.44. The Hall–Kier alpha value is -0.300. The Morgan fingerprint density at radius 3 is 1.50 bits per heavy atom. The predicted octanol–water partition coefficient (Wildman–Crippen LogP) is 7.98. The summed E-state index contributed by atoms with van der Waals surface area (Å²) in [4.78, 5) is 1.56. The second-order valence-corrected chi connectivity index (χ2v) is 7.66. The van der Waals surface area contributed by atoms with E-state index in [2.05, 4.69) is 24.4 Å². The standard InChI is InChI=1S/C21H37S/c1-2-3-4-5-6-7-8-9-10-11-12-13-14-15-16-18-21-19-17-20-22-21/h17,19-20H,1-16,18H2. The second-order valence-electron chi connectivity index (χ2n) is 6.63. The number of unbranched alkanes of at least 4 members (excludes halogenated alkanes) is 14. The van der Waals surface area contributed by atoms with Crippen molar-refractivity contribution >= 4 is 11.3 Å². The van der Waals surface area contributed by atoms with Crippen LogP contribution in [0.25, 0.3) is 0 Å². The van der Waals surface area contributed by atoms with Crippen molar-refractivity contribution in [2.75, 3.05) is 0 Å². The van der Waals surface area contributed by atoms with Crippen LogP contribution in [-0.2, 0) is 6.42 Å². The van der Waals surface area contributed by atoms with Crippen LogP contribution in [0.2, 0.25) is 0 Å². The van der Waals surface area contributed by atoms with Crippen LogP contribution in [0.5, 0.6) is 0 Å². The Kier molecular flexibility index (Phi) is 14.0. The van der Waals surface area contributed by atoms with Crippen LogP contribution in [0, 0.1) is 6.92 Å². The van der Waals surface area contributed by atoms with Crippen molar-refractivity contribution in [3.8, 4) is 0 Å². The lowest BCUT2D eigenvalue weighted by Crippen LogP contribution is -1.84. The quantitative estimate of drug-likeness (QED) is 0.271. The Morgan fingerprint density at radius 1 is 0.636 bits per heavy atom. The van der Waals surface area contributed by atoms with E-state index < -0.39 is 0 Å². The Labute approximate surface area is 143 Å². The Morgan fingerprint density at radius 2 is 1.09 bits per heavy atom. The molecule has 0 bridgehead atoms. The monoisotopic (exact) mass is 321 g/mol. The lowest BCUT2D eigenvalue weighted by atomic mass is 10.0. The molecule has 0 unspecified atom stereocenters. The fraction of sp³-hybridized carbons (Fsp3) is 0.762. The topological polar surface area (TPSA) is 0 Å². The van der Waals surface area contributed by atoms with E-state index in [9.17, 15) is 0 Å². The molecule has 0 saturated heterocycles. The van der Waals surface area contributed by atoms with Crippen molar-refractivity contribution < 1.29 is 0 Å². The van der Waals surface area contributed by atoms with Gasteiger partial charge in [-0.15, -0.1) is 11.3 Å². The first-order chi connectivity index (χ1) is 10.9. The molecule has 127 valence electrons. The van der Waals surface area contributed by atoms with E-state index in [1.807, 2.05) is 11.3 Å². The number of hydrogen-bond donors (Lipinski definition) is 0. The van der Waals surface area contributed by atoms with Crippen molar-refractivity contribution in [3.05, 3.63) is 29.3 Å². The Bertz CT molecular complexity index is 302. The number of hydrogen-bond acceptors (Lipinski definition) is 1. The molecule has 0 amide bonds. The normalized spacial score (nSPS) is 11.1. The number of thiophene rings is 1. The highest BCUT2D eigenvalue weighted by Gasteiger charge is 1.96. The lowest BCUT2D eigenvalue weighted by molar-refractivity contribution is 0.534. The molecule has 0 saturated carbocycles. The molecule has 0 aromatic carbocycles. The molecule has 22 heavy (non-hydrogen) atoms. The highest BCUT2D eigenvalue weighted by molar-refractivity contribution is 7.09. The maximum Gasteiger partial charge on any atom is 0.00452 e. The van der Waals surface area contributed by atoms with E-state index >= 15 is 0 Å². The predicted molar refractivity (Wildman–Crippen MR) is 103 cm³/mol. The SMILES string of the molecule is [CH2]CCCCCCCCCCCCCCCCc1cccs1. The highest BCUT2D eigenvalue weighted by Crippen LogP contribution is 2.15. The molecule has 0 fully saturated rings. The van der Waals surface area contributed by atoms with Crippen LogP contribution in [0.15, 0.2) is 17.5 Å². The largest absolute Gasteiger partial charge is 0.149 e. The summed E-state index contributed by atoms with van der Waals surface area (Å²) in [5, 5.41) is 2.19. The summed E-state index contributed by atoms with van der Waals surface area (Å²) in [6, 6.07) is 4.44. The van der Waals surface area contributed by atoms with Crippen LogP contribution in [-0.4, -0.2) is 0 Å². The van der Waals surface area contributed by atoms with Gasteiger partial charge in [0.15, 0.2) is 0 Å². The third-order valence-electron chi connectivity index (χ3n) is 4.50. The third kappa shape index (κ3) is 12.3. The van der Waals surface area contributed by atoms with Gasteiger partial charge in [0.2, 0.25) is 0 Å². The van der Waals surface area contributed by atoms with E-state index in [4.69, 9.17) is 0 Å². The molecule has 0 aliphatic heterocycles. The van der Waals surface area contributed by atoms with Gasteiger partial charge < -0.3 is 0 Å². The molecule has 1 rings (SSSR count). The van der Waals surface area contributed by atoms with E-state index in [0.29, 0.717) is 0 Å². The minimum absolute atomic E-state index is 1.12. The van der Waals surface area contributed by atoms with Crippen LogP contribution in [0.3, 0.4) is 0 Å². The van der Waals surface area contributed by atoms with Crippen molar-refractivity contribution in [1.82, 2.24) is 0 Å². The number of rotatable bonds is 16. The van der Waals surface area contributed by atoms with Gasteiger partial charge in [-0.25, -0.2) is 0 Å². The van der Waals surface area contributed by atoms with E-state index in [1.54, 1.807) is 4.88 Å². The fourth-order valence-electron chi connectivity index (χ4n) is 3.05. The maximum atomic E-state index is 3.90. The van der Waals surface area contributed by atoms with E-state index in [0.717, 1.165) is 6.42 Å². The van der Waals surface area contributed by atoms with Gasteiger partial charge in [0.25, 0.3) is 0 Å². The summed E-state index contributed by atoms with van der Waals surface area (Å²) >= 11 is 1.91.